The maximum Gasteiger partial charge on any atom is 0.264 e. The Morgan fingerprint density at radius 1 is 1.00 bits per heavy atom. The van der Waals surface area contributed by atoms with Gasteiger partial charge in [-0.2, -0.15) is 0 Å². The molecule has 146 valence electrons. The fourth-order valence-corrected chi connectivity index (χ4v) is 4.55. The summed E-state index contributed by atoms with van der Waals surface area (Å²) in [5.74, 6) is -0.151. The van der Waals surface area contributed by atoms with Crippen LogP contribution in [0.5, 0.6) is 5.75 Å². The molecule has 0 radical (unpaired) electrons. The molecular formula is C20H16Cl2FNO3S. The highest BCUT2D eigenvalue weighted by atomic mass is 35.5. The van der Waals surface area contributed by atoms with Gasteiger partial charge in [0.15, 0.2) is 0 Å². The highest BCUT2D eigenvalue weighted by molar-refractivity contribution is 7.92. The third kappa shape index (κ3) is 4.24. The third-order valence-corrected chi connectivity index (χ3v) is 6.46. The molecule has 0 bridgehead atoms. The fourth-order valence-electron chi connectivity index (χ4n) is 2.63. The van der Waals surface area contributed by atoms with Crippen LogP contribution in [0.1, 0.15) is 5.56 Å². The number of halogens is 3. The van der Waals surface area contributed by atoms with Gasteiger partial charge in [-0.15, -0.1) is 0 Å². The second-order valence-corrected chi connectivity index (χ2v) is 8.58. The topological polar surface area (TPSA) is 46.6 Å². The molecule has 0 heterocycles. The Kier molecular flexibility index (Phi) is 6.13. The standard InChI is InChI=1S/C20H16Cl2FNO3S/c1-27-16-8-10-17(11-9-16)28(25,26)24(20-5-3-2-4-19(20)23)13-14-6-7-15(21)12-18(14)22/h2-12H,13H2,1H3. The van der Waals surface area contributed by atoms with Crippen LogP contribution in [0.2, 0.25) is 10.0 Å². The summed E-state index contributed by atoms with van der Waals surface area (Å²) >= 11 is 12.1. The van der Waals surface area contributed by atoms with Gasteiger partial charge in [-0.25, -0.2) is 12.8 Å². The Hall–Kier alpha value is -2.28. The van der Waals surface area contributed by atoms with E-state index < -0.39 is 15.8 Å². The number of benzene rings is 3. The average molecular weight is 440 g/mol. The van der Waals surface area contributed by atoms with Crippen molar-refractivity contribution < 1.29 is 17.5 Å². The summed E-state index contributed by atoms with van der Waals surface area (Å²) in [6.45, 7) is -0.161. The minimum Gasteiger partial charge on any atom is -0.497 e. The highest BCUT2D eigenvalue weighted by Gasteiger charge is 2.28. The summed E-state index contributed by atoms with van der Waals surface area (Å²) in [6.07, 6.45) is 0. The summed E-state index contributed by atoms with van der Waals surface area (Å²) in [4.78, 5) is 0.00152. The zero-order valence-electron chi connectivity index (χ0n) is 14.8. The van der Waals surface area contributed by atoms with Gasteiger partial charge in [0, 0.05) is 10.0 Å². The summed E-state index contributed by atoms with van der Waals surface area (Å²) in [6, 6.07) is 16.3. The van der Waals surface area contributed by atoms with Crippen molar-refractivity contribution in [3.8, 4) is 5.75 Å². The molecule has 0 saturated heterocycles. The maximum absolute atomic E-state index is 14.5. The lowest BCUT2D eigenvalue weighted by atomic mass is 10.2. The molecule has 8 heteroatoms. The second-order valence-electron chi connectivity index (χ2n) is 5.87. The van der Waals surface area contributed by atoms with Crippen LogP contribution in [-0.4, -0.2) is 15.5 Å². The number of rotatable bonds is 6. The van der Waals surface area contributed by atoms with Crippen LogP contribution in [0.25, 0.3) is 0 Å². The molecule has 0 saturated carbocycles. The molecule has 4 nitrogen and oxygen atoms in total. The van der Waals surface area contributed by atoms with Gasteiger partial charge in [-0.05, 0) is 54.1 Å². The number of nitrogens with zero attached hydrogens (tertiary/aromatic N) is 1. The monoisotopic (exact) mass is 439 g/mol. The van der Waals surface area contributed by atoms with Gasteiger partial charge in [0.25, 0.3) is 10.0 Å². The van der Waals surface area contributed by atoms with E-state index in [1.807, 2.05) is 0 Å². The summed E-state index contributed by atoms with van der Waals surface area (Å²) in [7, 11) is -2.60. The molecule has 0 amide bonds. The molecule has 0 aliphatic heterocycles. The minimum atomic E-state index is -4.08. The van der Waals surface area contributed by atoms with E-state index in [0.717, 1.165) is 4.31 Å². The van der Waals surface area contributed by atoms with Crippen molar-refractivity contribution in [2.24, 2.45) is 0 Å². The number of sulfonamides is 1. The van der Waals surface area contributed by atoms with E-state index in [2.05, 4.69) is 0 Å². The minimum absolute atomic E-state index is 0.00152. The van der Waals surface area contributed by atoms with Crippen LogP contribution in [-0.2, 0) is 16.6 Å². The number of para-hydroxylation sites is 1. The largest absolute Gasteiger partial charge is 0.497 e. The summed E-state index contributed by atoms with van der Waals surface area (Å²) in [5, 5.41) is 0.711. The normalized spacial score (nSPS) is 11.3. The van der Waals surface area contributed by atoms with Gasteiger partial charge in [0.1, 0.15) is 11.6 Å². The molecule has 0 aliphatic rings. The lowest BCUT2D eigenvalue weighted by Gasteiger charge is -2.25. The van der Waals surface area contributed by atoms with Crippen LogP contribution >= 0.6 is 23.2 Å². The molecule has 0 aliphatic carbocycles. The first-order chi connectivity index (χ1) is 13.3. The smallest absolute Gasteiger partial charge is 0.264 e. The van der Waals surface area contributed by atoms with E-state index in [0.29, 0.717) is 21.4 Å². The molecule has 0 atom stereocenters. The predicted octanol–water partition coefficient (Wildman–Crippen LogP) is 5.54. The first-order valence-electron chi connectivity index (χ1n) is 8.18. The van der Waals surface area contributed by atoms with Crippen molar-refractivity contribution in [3.05, 3.63) is 88.2 Å². The average Bonchev–Trinajstić information content (AvgIpc) is 2.68. The molecule has 0 unspecified atom stereocenters. The van der Waals surface area contributed by atoms with Crippen LogP contribution in [0, 0.1) is 5.82 Å². The highest BCUT2D eigenvalue weighted by Crippen LogP contribution is 2.31. The fraction of sp³-hybridized carbons (Fsp3) is 0.100. The van der Waals surface area contributed by atoms with Crippen molar-refractivity contribution in [2.75, 3.05) is 11.4 Å². The quantitative estimate of drug-likeness (QED) is 0.506. The summed E-state index contributed by atoms with van der Waals surface area (Å²) in [5.41, 5.74) is 0.413. The van der Waals surface area contributed by atoms with Crippen LogP contribution < -0.4 is 9.04 Å². The molecular weight excluding hydrogens is 424 g/mol. The zero-order chi connectivity index (χ0) is 20.3. The molecule has 3 aromatic carbocycles. The molecule has 3 rings (SSSR count). The molecule has 0 aromatic heterocycles. The van der Waals surface area contributed by atoms with Crippen LogP contribution in [0.4, 0.5) is 10.1 Å². The van der Waals surface area contributed by atoms with Crippen molar-refractivity contribution in [3.63, 3.8) is 0 Å². The van der Waals surface area contributed by atoms with E-state index in [9.17, 15) is 12.8 Å². The van der Waals surface area contributed by atoms with Gasteiger partial charge in [-0.1, -0.05) is 41.4 Å². The first-order valence-corrected chi connectivity index (χ1v) is 10.4. The number of hydrogen-bond acceptors (Lipinski definition) is 3. The zero-order valence-corrected chi connectivity index (χ0v) is 17.1. The number of anilines is 1. The van der Waals surface area contributed by atoms with E-state index in [4.69, 9.17) is 27.9 Å². The third-order valence-electron chi connectivity index (χ3n) is 4.10. The van der Waals surface area contributed by atoms with E-state index in [-0.39, 0.29) is 17.1 Å². The molecule has 0 N–H and O–H groups in total. The number of hydrogen-bond donors (Lipinski definition) is 0. The Morgan fingerprint density at radius 3 is 2.29 bits per heavy atom. The van der Waals surface area contributed by atoms with Crippen molar-refractivity contribution in [1.82, 2.24) is 0 Å². The van der Waals surface area contributed by atoms with E-state index >= 15 is 0 Å². The van der Waals surface area contributed by atoms with Gasteiger partial charge in [-0.3, -0.25) is 4.31 Å². The maximum atomic E-state index is 14.5. The predicted molar refractivity (Wildman–Crippen MR) is 109 cm³/mol. The molecule has 0 spiro atoms. The van der Waals surface area contributed by atoms with Crippen molar-refractivity contribution in [2.45, 2.75) is 11.4 Å². The van der Waals surface area contributed by atoms with E-state index in [1.54, 1.807) is 18.2 Å². The molecule has 3 aromatic rings. The van der Waals surface area contributed by atoms with Crippen molar-refractivity contribution in [1.29, 1.82) is 0 Å². The molecule has 28 heavy (non-hydrogen) atoms. The molecule has 0 fully saturated rings. The van der Waals surface area contributed by atoms with Gasteiger partial charge < -0.3 is 4.74 Å². The van der Waals surface area contributed by atoms with Crippen molar-refractivity contribution >= 4 is 38.9 Å². The van der Waals surface area contributed by atoms with Crippen LogP contribution in [0.15, 0.2) is 71.6 Å². The van der Waals surface area contributed by atoms with Gasteiger partial charge in [0.05, 0.1) is 24.2 Å². The van der Waals surface area contributed by atoms with Gasteiger partial charge in [0.2, 0.25) is 0 Å². The Balaban J connectivity index is 2.11. The SMILES string of the molecule is COc1ccc(S(=O)(=O)N(Cc2ccc(Cl)cc2Cl)c2ccccc2F)cc1. The van der Waals surface area contributed by atoms with Gasteiger partial charge >= 0.3 is 0 Å². The Labute approximate surface area is 173 Å². The second kappa shape index (κ2) is 8.39. The number of ether oxygens (including phenoxy) is 1. The lowest BCUT2D eigenvalue weighted by Crippen LogP contribution is -2.31. The van der Waals surface area contributed by atoms with Crippen LogP contribution in [0.3, 0.4) is 0 Å². The lowest BCUT2D eigenvalue weighted by molar-refractivity contribution is 0.414. The Morgan fingerprint density at radius 2 is 1.68 bits per heavy atom. The summed E-state index contributed by atoms with van der Waals surface area (Å²) < 4.78 is 47.2. The van der Waals surface area contributed by atoms with E-state index in [1.165, 1.54) is 55.6 Å². The first kappa shape index (κ1) is 20.5. The Bertz CT molecular complexity index is 1090. The number of methoxy groups -OCH3 is 1.